The summed E-state index contributed by atoms with van der Waals surface area (Å²) in [6, 6.07) is 15.7. The van der Waals surface area contributed by atoms with E-state index in [9.17, 15) is 4.79 Å². The molecule has 0 radical (unpaired) electrons. The van der Waals surface area contributed by atoms with Crippen LogP contribution in [0.15, 0.2) is 59.3 Å². The van der Waals surface area contributed by atoms with E-state index in [1.807, 2.05) is 54.7 Å². The second-order valence-electron chi connectivity index (χ2n) is 6.41. The molecule has 4 rings (SSSR count). The van der Waals surface area contributed by atoms with Gasteiger partial charge in [-0.3, -0.25) is 4.79 Å². The van der Waals surface area contributed by atoms with Crippen molar-refractivity contribution in [2.45, 2.75) is 12.8 Å². The van der Waals surface area contributed by atoms with Crippen LogP contribution in [0, 0.1) is 0 Å². The summed E-state index contributed by atoms with van der Waals surface area (Å²) in [4.78, 5) is 19.7. The highest BCUT2D eigenvalue weighted by Crippen LogP contribution is 2.19. The zero-order valence-corrected chi connectivity index (χ0v) is 15.4. The van der Waals surface area contributed by atoms with Crippen molar-refractivity contribution in [1.29, 1.82) is 0 Å². The largest absolute Gasteiger partial charge is 0.497 e. The second-order valence-corrected chi connectivity index (χ2v) is 6.41. The van der Waals surface area contributed by atoms with Crippen LogP contribution in [0.5, 0.6) is 5.75 Å². The molecular weight excluding hydrogens is 356 g/mol. The van der Waals surface area contributed by atoms with Gasteiger partial charge in [-0.1, -0.05) is 35.5 Å². The Hall–Kier alpha value is -3.61. The fourth-order valence-corrected chi connectivity index (χ4v) is 3.05. The summed E-state index contributed by atoms with van der Waals surface area (Å²) in [6.45, 7) is 0.478. The third kappa shape index (κ3) is 3.88. The maximum absolute atomic E-state index is 12.2. The van der Waals surface area contributed by atoms with E-state index in [0.717, 1.165) is 27.8 Å². The van der Waals surface area contributed by atoms with Gasteiger partial charge in [-0.15, -0.1) is 0 Å². The van der Waals surface area contributed by atoms with Gasteiger partial charge in [-0.2, -0.15) is 4.98 Å². The minimum atomic E-state index is -0.369. The number of hydrogen-bond acceptors (Lipinski definition) is 5. The van der Waals surface area contributed by atoms with E-state index in [-0.39, 0.29) is 11.8 Å². The summed E-state index contributed by atoms with van der Waals surface area (Å²) < 4.78 is 10.3. The van der Waals surface area contributed by atoms with Crippen LogP contribution >= 0.6 is 0 Å². The molecule has 0 unspecified atom stereocenters. The van der Waals surface area contributed by atoms with E-state index in [0.29, 0.717) is 25.2 Å². The van der Waals surface area contributed by atoms with Gasteiger partial charge in [0.1, 0.15) is 5.75 Å². The van der Waals surface area contributed by atoms with Gasteiger partial charge in [-0.05, 0) is 35.7 Å². The number of aromatic amines is 1. The Labute approximate surface area is 161 Å². The van der Waals surface area contributed by atoms with Crippen LogP contribution < -0.4 is 10.1 Å². The van der Waals surface area contributed by atoms with E-state index < -0.39 is 0 Å². The van der Waals surface area contributed by atoms with Crippen LogP contribution in [0.2, 0.25) is 0 Å². The molecule has 0 atom stereocenters. The average molecular weight is 376 g/mol. The molecule has 0 aliphatic rings. The predicted octanol–water partition coefficient (Wildman–Crippen LogP) is 3.12. The van der Waals surface area contributed by atoms with Crippen LogP contribution in [0.25, 0.3) is 10.9 Å². The highest BCUT2D eigenvalue weighted by molar-refractivity contribution is 5.89. The van der Waals surface area contributed by atoms with E-state index in [1.165, 1.54) is 0 Å². The first-order valence-electron chi connectivity index (χ1n) is 9.01. The summed E-state index contributed by atoms with van der Waals surface area (Å²) in [5.41, 5.74) is 3.21. The lowest BCUT2D eigenvalue weighted by molar-refractivity contribution is 0.0910. The van der Waals surface area contributed by atoms with Crippen molar-refractivity contribution in [2.75, 3.05) is 13.7 Å². The molecule has 0 aliphatic carbocycles. The molecule has 0 saturated heterocycles. The number of rotatable bonds is 7. The number of methoxy groups -OCH3 is 1. The Balaban J connectivity index is 1.33. The lowest BCUT2D eigenvalue weighted by Crippen LogP contribution is -2.26. The maximum atomic E-state index is 12.2. The Morgan fingerprint density at radius 1 is 1.18 bits per heavy atom. The summed E-state index contributed by atoms with van der Waals surface area (Å²) in [6.07, 6.45) is 3.12. The number of hydrogen-bond donors (Lipinski definition) is 2. The Morgan fingerprint density at radius 2 is 2.00 bits per heavy atom. The van der Waals surface area contributed by atoms with Crippen LogP contribution in [-0.4, -0.2) is 34.7 Å². The van der Waals surface area contributed by atoms with E-state index in [2.05, 4.69) is 20.4 Å². The van der Waals surface area contributed by atoms with E-state index >= 15 is 0 Å². The predicted molar refractivity (Wildman–Crippen MR) is 104 cm³/mol. The quantitative estimate of drug-likeness (QED) is 0.517. The molecule has 7 nitrogen and oxygen atoms in total. The van der Waals surface area contributed by atoms with Crippen molar-refractivity contribution in [3.8, 4) is 5.75 Å². The molecular formula is C21H20N4O3. The number of carbonyl (C=O) groups is 1. The number of nitrogens with one attached hydrogen (secondary N) is 2. The number of H-pyrrole nitrogens is 1. The van der Waals surface area contributed by atoms with Gasteiger partial charge in [0.05, 0.1) is 7.11 Å². The van der Waals surface area contributed by atoms with Crippen molar-refractivity contribution in [2.24, 2.45) is 0 Å². The zero-order chi connectivity index (χ0) is 19.3. The standard InChI is InChI=1S/C21H20N4O3/c1-27-16-8-6-14(7-9-16)10-11-22-20(26)21-24-19(25-28-21)12-15-13-23-18-5-3-2-4-17(15)18/h2-9,13,23H,10-12H2,1H3,(H,22,26). The number of aromatic nitrogens is 3. The lowest BCUT2D eigenvalue weighted by Gasteiger charge is -2.04. The number of nitrogens with zero attached hydrogens (tertiary/aromatic N) is 2. The average Bonchev–Trinajstić information content (AvgIpc) is 3.36. The minimum Gasteiger partial charge on any atom is -0.497 e. The third-order valence-corrected chi connectivity index (χ3v) is 4.54. The fraction of sp³-hybridized carbons (Fsp3) is 0.190. The minimum absolute atomic E-state index is 0.0235. The molecule has 0 spiro atoms. The normalized spacial score (nSPS) is 10.9. The molecule has 2 N–H and O–H groups in total. The van der Waals surface area contributed by atoms with Crippen molar-refractivity contribution in [3.63, 3.8) is 0 Å². The molecule has 0 bridgehead atoms. The summed E-state index contributed by atoms with van der Waals surface area (Å²) in [7, 11) is 1.63. The van der Waals surface area contributed by atoms with Crippen molar-refractivity contribution in [1.82, 2.24) is 20.4 Å². The maximum Gasteiger partial charge on any atom is 0.315 e. The van der Waals surface area contributed by atoms with Gasteiger partial charge in [-0.25, -0.2) is 0 Å². The Bertz CT molecular complexity index is 1080. The lowest BCUT2D eigenvalue weighted by atomic mass is 10.1. The molecule has 1 amide bonds. The molecule has 2 aromatic heterocycles. The van der Waals surface area contributed by atoms with Crippen molar-refractivity contribution < 1.29 is 14.1 Å². The number of benzene rings is 2. The molecule has 2 heterocycles. The highest BCUT2D eigenvalue weighted by atomic mass is 16.5. The number of fused-ring (bicyclic) bond motifs is 1. The molecule has 2 aromatic carbocycles. The second kappa shape index (κ2) is 7.96. The van der Waals surface area contributed by atoms with Gasteiger partial charge in [0.25, 0.3) is 0 Å². The Morgan fingerprint density at radius 3 is 2.82 bits per heavy atom. The first-order valence-corrected chi connectivity index (χ1v) is 9.01. The highest BCUT2D eigenvalue weighted by Gasteiger charge is 2.16. The summed E-state index contributed by atoms with van der Waals surface area (Å²) >= 11 is 0. The Kier molecular flexibility index (Phi) is 5.05. The first kappa shape index (κ1) is 17.8. The molecule has 0 saturated carbocycles. The van der Waals surface area contributed by atoms with Gasteiger partial charge in [0, 0.05) is 30.1 Å². The van der Waals surface area contributed by atoms with Gasteiger partial charge in [0.15, 0.2) is 5.82 Å². The van der Waals surface area contributed by atoms with E-state index in [4.69, 9.17) is 9.26 Å². The van der Waals surface area contributed by atoms with Crippen molar-refractivity contribution in [3.05, 3.63) is 77.6 Å². The molecule has 7 heteroatoms. The molecule has 142 valence electrons. The number of amides is 1. The number of para-hydroxylation sites is 1. The molecule has 0 fully saturated rings. The summed E-state index contributed by atoms with van der Waals surface area (Å²) in [5.74, 6) is 0.891. The van der Waals surface area contributed by atoms with Crippen LogP contribution in [0.3, 0.4) is 0 Å². The zero-order valence-electron chi connectivity index (χ0n) is 15.4. The summed E-state index contributed by atoms with van der Waals surface area (Å²) in [5, 5.41) is 7.84. The van der Waals surface area contributed by atoms with E-state index in [1.54, 1.807) is 7.11 Å². The molecule has 4 aromatic rings. The molecule has 0 aliphatic heterocycles. The monoisotopic (exact) mass is 376 g/mol. The van der Waals surface area contributed by atoms with Gasteiger partial charge in [0.2, 0.25) is 0 Å². The number of ether oxygens (including phenoxy) is 1. The third-order valence-electron chi connectivity index (χ3n) is 4.54. The van der Waals surface area contributed by atoms with Gasteiger partial charge < -0.3 is 19.6 Å². The van der Waals surface area contributed by atoms with Crippen LogP contribution in [-0.2, 0) is 12.8 Å². The smallest absolute Gasteiger partial charge is 0.315 e. The van der Waals surface area contributed by atoms with Gasteiger partial charge >= 0.3 is 11.8 Å². The SMILES string of the molecule is COc1ccc(CCNC(=O)c2nc(Cc3c[nH]c4ccccc34)no2)cc1. The number of carbonyl (C=O) groups excluding carboxylic acids is 1. The first-order chi connectivity index (χ1) is 13.7. The topological polar surface area (TPSA) is 93.0 Å². The van der Waals surface area contributed by atoms with Crippen LogP contribution in [0.1, 0.15) is 27.6 Å². The fourth-order valence-electron chi connectivity index (χ4n) is 3.05. The molecule has 28 heavy (non-hydrogen) atoms. The van der Waals surface area contributed by atoms with Crippen molar-refractivity contribution >= 4 is 16.8 Å². The van der Waals surface area contributed by atoms with Crippen LogP contribution in [0.4, 0.5) is 0 Å².